The van der Waals surface area contributed by atoms with Gasteiger partial charge in [0.1, 0.15) is 24.3 Å². The molecule has 3 fully saturated rings. The van der Waals surface area contributed by atoms with Crippen LogP contribution in [0.4, 0.5) is 17.3 Å². The molecule has 0 spiro atoms. The van der Waals surface area contributed by atoms with E-state index in [9.17, 15) is 5.26 Å². The molecular formula is C28H31N7O3. The molecule has 10 nitrogen and oxygen atoms in total. The maximum absolute atomic E-state index is 9.73. The first-order valence-corrected chi connectivity index (χ1v) is 13.2. The molecule has 196 valence electrons. The number of benzene rings is 2. The van der Waals surface area contributed by atoms with E-state index < -0.39 is 0 Å². The number of nitrogens with zero attached hydrogens (tertiary/aromatic N) is 6. The van der Waals surface area contributed by atoms with Gasteiger partial charge in [0.15, 0.2) is 5.82 Å². The summed E-state index contributed by atoms with van der Waals surface area (Å²) in [6, 6.07) is 16.6. The molecule has 4 heterocycles. The maximum atomic E-state index is 9.73. The average Bonchev–Trinajstić information content (AvgIpc) is 2.94. The topological polar surface area (TPSA) is 109 Å². The lowest BCUT2D eigenvalue weighted by atomic mass is 10.1. The number of piperazine rings is 1. The summed E-state index contributed by atoms with van der Waals surface area (Å²) in [5, 5.41) is 13.0. The van der Waals surface area contributed by atoms with Gasteiger partial charge in [0, 0.05) is 56.0 Å². The zero-order valence-corrected chi connectivity index (χ0v) is 21.3. The molecule has 1 N–H and O–H groups in total. The third-order valence-electron chi connectivity index (χ3n) is 7.31. The zero-order chi connectivity index (χ0) is 25.7. The van der Waals surface area contributed by atoms with E-state index in [4.69, 9.17) is 14.2 Å². The van der Waals surface area contributed by atoms with Crippen LogP contribution in [0, 0.1) is 11.3 Å². The van der Waals surface area contributed by atoms with Crippen molar-refractivity contribution in [3.05, 3.63) is 54.4 Å². The van der Waals surface area contributed by atoms with Gasteiger partial charge in [0.25, 0.3) is 0 Å². The number of hydrogen-bond donors (Lipinski definition) is 1. The number of nitrogens with one attached hydrogen (secondary N) is 1. The van der Waals surface area contributed by atoms with Crippen molar-refractivity contribution in [1.82, 2.24) is 19.9 Å². The normalized spacial score (nSPS) is 19.0. The van der Waals surface area contributed by atoms with Gasteiger partial charge < -0.3 is 24.4 Å². The van der Waals surface area contributed by atoms with Crippen molar-refractivity contribution in [1.29, 1.82) is 5.26 Å². The standard InChI is InChI=1S/C28H31N7O3/c29-16-21-14-20(4-5-26(21)38-25-6-12-36-13-7-25)27-30-19-31-28(33-27)32-22-2-1-3-23(15-22)34-8-10-35(11-9-34)24-17-37-18-24/h1-5,14-15,19,24-25H,6-13,17-18H2,(H,30,31,32,33). The number of ether oxygens (including phenoxy) is 3. The summed E-state index contributed by atoms with van der Waals surface area (Å²) in [5.41, 5.74) is 3.27. The van der Waals surface area contributed by atoms with Crippen LogP contribution >= 0.6 is 0 Å². The Kier molecular flexibility index (Phi) is 7.31. The van der Waals surface area contributed by atoms with Crippen LogP contribution in [0.1, 0.15) is 18.4 Å². The minimum Gasteiger partial charge on any atom is -0.489 e. The van der Waals surface area contributed by atoms with E-state index in [-0.39, 0.29) is 6.10 Å². The number of nitriles is 1. The molecule has 1 aromatic heterocycles. The molecule has 6 rings (SSSR count). The Morgan fingerprint density at radius 2 is 1.82 bits per heavy atom. The van der Waals surface area contributed by atoms with Crippen LogP contribution in [0.15, 0.2) is 48.8 Å². The summed E-state index contributed by atoms with van der Waals surface area (Å²) in [7, 11) is 0. The molecule has 3 aliphatic rings. The molecule has 0 unspecified atom stereocenters. The third kappa shape index (κ3) is 5.55. The average molecular weight is 514 g/mol. The number of rotatable bonds is 7. The summed E-state index contributed by atoms with van der Waals surface area (Å²) >= 11 is 0. The van der Waals surface area contributed by atoms with Gasteiger partial charge in [-0.25, -0.2) is 9.97 Å². The predicted octanol–water partition coefficient (Wildman–Crippen LogP) is 3.23. The summed E-state index contributed by atoms with van der Waals surface area (Å²) in [5.74, 6) is 1.51. The van der Waals surface area contributed by atoms with E-state index in [1.807, 2.05) is 24.3 Å². The van der Waals surface area contributed by atoms with E-state index in [0.717, 1.165) is 63.5 Å². The fourth-order valence-corrected chi connectivity index (χ4v) is 5.02. The molecule has 3 saturated heterocycles. The lowest BCUT2D eigenvalue weighted by molar-refractivity contribution is -0.0660. The Labute approximate surface area is 222 Å². The minimum atomic E-state index is 0.0617. The van der Waals surface area contributed by atoms with Crippen LogP contribution in [0.3, 0.4) is 0 Å². The number of aromatic nitrogens is 3. The number of hydrogen-bond acceptors (Lipinski definition) is 10. The van der Waals surface area contributed by atoms with Crippen LogP contribution in [-0.2, 0) is 9.47 Å². The van der Waals surface area contributed by atoms with Crippen molar-refractivity contribution in [2.45, 2.75) is 25.0 Å². The second kappa shape index (κ2) is 11.3. The van der Waals surface area contributed by atoms with Crippen molar-refractivity contribution < 1.29 is 14.2 Å². The molecule has 38 heavy (non-hydrogen) atoms. The van der Waals surface area contributed by atoms with Crippen molar-refractivity contribution in [2.75, 3.05) is 62.8 Å². The molecule has 3 aromatic rings. The molecule has 0 atom stereocenters. The first-order chi connectivity index (χ1) is 18.7. The van der Waals surface area contributed by atoms with E-state index in [2.05, 4.69) is 48.3 Å². The molecule has 0 aliphatic carbocycles. The highest BCUT2D eigenvalue weighted by Gasteiger charge is 2.29. The van der Waals surface area contributed by atoms with E-state index >= 15 is 0 Å². The van der Waals surface area contributed by atoms with Gasteiger partial charge in [0.05, 0.1) is 38.0 Å². The summed E-state index contributed by atoms with van der Waals surface area (Å²) in [6.07, 6.45) is 3.19. The van der Waals surface area contributed by atoms with Crippen LogP contribution in [-0.4, -0.2) is 84.6 Å². The van der Waals surface area contributed by atoms with Gasteiger partial charge in [-0.15, -0.1) is 0 Å². The Morgan fingerprint density at radius 3 is 2.58 bits per heavy atom. The Hall–Kier alpha value is -3.78. The summed E-state index contributed by atoms with van der Waals surface area (Å²) in [4.78, 5) is 18.2. The van der Waals surface area contributed by atoms with Crippen LogP contribution < -0.4 is 15.0 Å². The van der Waals surface area contributed by atoms with Gasteiger partial charge in [-0.05, 0) is 36.4 Å². The molecule has 0 bridgehead atoms. The largest absolute Gasteiger partial charge is 0.489 e. The minimum absolute atomic E-state index is 0.0617. The van der Waals surface area contributed by atoms with Crippen molar-refractivity contribution >= 4 is 17.3 Å². The van der Waals surface area contributed by atoms with Gasteiger partial charge in [-0.1, -0.05) is 6.07 Å². The van der Waals surface area contributed by atoms with E-state index in [1.54, 1.807) is 6.07 Å². The lowest BCUT2D eigenvalue weighted by Gasteiger charge is -2.43. The Balaban J connectivity index is 1.13. The zero-order valence-electron chi connectivity index (χ0n) is 21.3. The van der Waals surface area contributed by atoms with Crippen molar-refractivity contribution in [3.8, 4) is 23.2 Å². The van der Waals surface area contributed by atoms with Crippen LogP contribution in [0.5, 0.6) is 5.75 Å². The van der Waals surface area contributed by atoms with Crippen molar-refractivity contribution in [3.63, 3.8) is 0 Å². The third-order valence-corrected chi connectivity index (χ3v) is 7.31. The molecule has 0 radical (unpaired) electrons. The fraction of sp³-hybridized carbons (Fsp3) is 0.429. The Bertz CT molecular complexity index is 1300. The predicted molar refractivity (Wildman–Crippen MR) is 143 cm³/mol. The highest BCUT2D eigenvalue weighted by molar-refractivity contribution is 5.65. The Morgan fingerprint density at radius 1 is 0.974 bits per heavy atom. The first-order valence-electron chi connectivity index (χ1n) is 13.2. The number of anilines is 3. The molecule has 2 aromatic carbocycles. The van der Waals surface area contributed by atoms with Gasteiger partial charge in [-0.2, -0.15) is 10.2 Å². The van der Waals surface area contributed by atoms with Crippen LogP contribution in [0.2, 0.25) is 0 Å². The van der Waals surface area contributed by atoms with Crippen molar-refractivity contribution in [2.24, 2.45) is 0 Å². The highest BCUT2D eigenvalue weighted by atomic mass is 16.5. The molecule has 0 saturated carbocycles. The second-order valence-corrected chi connectivity index (χ2v) is 9.77. The van der Waals surface area contributed by atoms with E-state index in [1.165, 1.54) is 12.0 Å². The summed E-state index contributed by atoms with van der Waals surface area (Å²) in [6.45, 7) is 7.16. The second-order valence-electron chi connectivity index (χ2n) is 9.77. The molecule has 10 heteroatoms. The molecule has 0 amide bonds. The van der Waals surface area contributed by atoms with E-state index in [0.29, 0.717) is 42.3 Å². The molecular weight excluding hydrogens is 482 g/mol. The first kappa shape index (κ1) is 24.6. The monoisotopic (exact) mass is 513 g/mol. The highest BCUT2D eigenvalue weighted by Crippen LogP contribution is 2.28. The quantitative estimate of drug-likeness (QED) is 0.506. The fourth-order valence-electron chi connectivity index (χ4n) is 5.02. The van der Waals surface area contributed by atoms with Gasteiger partial charge >= 0.3 is 0 Å². The summed E-state index contributed by atoms with van der Waals surface area (Å²) < 4.78 is 16.8. The SMILES string of the molecule is N#Cc1cc(-c2ncnc(Nc3cccc(N4CCN(C5COC5)CC4)c3)n2)ccc1OC1CCOCC1. The lowest BCUT2D eigenvalue weighted by Crippen LogP contribution is -2.56. The maximum Gasteiger partial charge on any atom is 0.230 e. The molecule has 3 aliphatic heterocycles. The van der Waals surface area contributed by atoms with Gasteiger partial charge in [0.2, 0.25) is 5.95 Å². The van der Waals surface area contributed by atoms with Gasteiger partial charge in [-0.3, -0.25) is 4.90 Å². The van der Waals surface area contributed by atoms with Crippen LogP contribution in [0.25, 0.3) is 11.4 Å². The smallest absolute Gasteiger partial charge is 0.230 e.